The SMILES string of the molecule is C=C[C@H](N)c1ccccc1F.Cl. The van der Waals surface area contributed by atoms with Gasteiger partial charge in [0.2, 0.25) is 0 Å². The Bertz CT molecular complexity index is 262. The van der Waals surface area contributed by atoms with Crippen LogP contribution in [0.25, 0.3) is 0 Å². The Hall–Kier alpha value is -0.860. The molecule has 2 N–H and O–H groups in total. The molecule has 0 saturated heterocycles. The van der Waals surface area contributed by atoms with E-state index < -0.39 is 6.04 Å². The van der Waals surface area contributed by atoms with Gasteiger partial charge < -0.3 is 5.73 Å². The van der Waals surface area contributed by atoms with E-state index in [1.54, 1.807) is 18.2 Å². The monoisotopic (exact) mass is 187 g/mol. The fourth-order valence-electron chi connectivity index (χ4n) is 0.872. The minimum Gasteiger partial charge on any atom is -0.321 e. The van der Waals surface area contributed by atoms with E-state index in [-0.39, 0.29) is 18.2 Å². The van der Waals surface area contributed by atoms with Gasteiger partial charge in [-0.05, 0) is 6.07 Å². The fourth-order valence-corrected chi connectivity index (χ4v) is 0.872. The third kappa shape index (κ3) is 2.32. The molecule has 1 aromatic carbocycles. The first-order chi connectivity index (χ1) is 5.25. The average Bonchev–Trinajstić information content (AvgIpc) is 2.04. The number of benzene rings is 1. The van der Waals surface area contributed by atoms with E-state index in [2.05, 4.69) is 6.58 Å². The van der Waals surface area contributed by atoms with Crippen molar-refractivity contribution in [3.63, 3.8) is 0 Å². The van der Waals surface area contributed by atoms with Gasteiger partial charge in [0.15, 0.2) is 0 Å². The molecule has 1 atom stereocenters. The van der Waals surface area contributed by atoms with E-state index in [9.17, 15) is 4.39 Å². The van der Waals surface area contributed by atoms with E-state index in [1.165, 1.54) is 12.1 Å². The standard InChI is InChI=1S/C9H10FN.ClH/c1-2-9(11)7-5-3-4-6-8(7)10;/h2-6,9H,1,11H2;1H/t9-;/m0./s1. The lowest BCUT2D eigenvalue weighted by Gasteiger charge is -2.06. The number of halogens is 2. The molecule has 0 amide bonds. The molecule has 0 heterocycles. The van der Waals surface area contributed by atoms with Crippen LogP contribution in [-0.4, -0.2) is 0 Å². The Morgan fingerprint density at radius 2 is 2.00 bits per heavy atom. The lowest BCUT2D eigenvalue weighted by atomic mass is 10.1. The Morgan fingerprint density at radius 3 is 2.50 bits per heavy atom. The molecule has 0 aromatic heterocycles. The van der Waals surface area contributed by atoms with Crippen LogP contribution in [0.15, 0.2) is 36.9 Å². The van der Waals surface area contributed by atoms with Crippen molar-refractivity contribution >= 4 is 12.4 Å². The Labute approximate surface area is 77.5 Å². The predicted molar refractivity (Wildman–Crippen MR) is 50.8 cm³/mol. The van der Waals surface area contributed by atoms with Crippen molar-refractivity contribution in [1.29, 1.82) is 0 Å². The van der Waals surface area contributed by atoms with Gasteiger partial charge in [-0.1, -0.05) is 24.3 Å². The summed E-state index contributed by atoms with van der Waals surface area (Å²) in [4.78, 5) is 0. The van der Waals surface area contributed by atoms with Gasteiger partial charge in [-0.15, -0.1) is 19.0 Å². The first kappa shape index (κ1) is 11.1. The third-order valence-electron chi connectivity index (χ3n) is 1.52. The van der Waals surface area contributed by atoms with E-state index in [0.29, 0.717) is 5.56 Å². The summed E-state index contributed by atoms with van der Waals surface area (Å²) in [6.07, 6.45) is 1.51. The molecule has 0 bridgehead atoms. The summed E-state index contributed by atoms with van der Waals surface area (Å²) in [6.45, 7) is 3.49. The van der Waals surface area contributed by atoms with E-state index in [1.807, 2.05) is 0 Å². The van der Waals surface area contributed by atoms with Gasteiger partial charge in [-0.2, -0.15) is 0 Å². The minimum atomic E-state index is -0.406. The zero-order chi connectivity index (χ0) is 8.27. The summed E-state index contributed by atoms with van der Waals surface area (Å²) >= 11 is 0. The average molecular weight is 188 g/mol. The number of rotatable bonds is 2. The Kier molecular flexibility index (Phi) is 4.55. The molecular weight excluding hydrogens is 177 g/mol. The highest BCUT2D eigenvalue weighted by Gasteiger charge is 2.05. The van der Waals surface area contributed by atoms with Gasteiger partial charge in [-0.25, -0.2) is 4.39 Å². The molecule has 0 saturated carbocycles. The summed E-state index contributed by atoms with van der Waals surface area (Å²) in [5, 5.41) is 0. The van der Waals surface area contributed by atoms with Crippen LogP contribution in [0.3, 0.4) is 0 Å². The van der Waals surface area contributed by atoms with E-state index in [4.69, 9.17) is 5.73 Å². The predicted octanol–water partition coefficient (Wildman–Crippen LogP) is 2.43. The van der Waals surface area contributed by atoms with Crippen LogP contribution in [0.2, 0.25) is 0 Å². The molecule has 1 rings (SSSR count). The molecule has 1 nitrogen and oxygen atoms in total. The largest absolute Gasteiger partial charge is 0.321 e. The van der Waals surface area contributed by atoms with E-state index >= 15 is 0 Å². The lowest BCUT2D eigenvalue weighted by molar-refractivity contribution is 0.602. The second-order valence-electron chi connectivity index (χ2n) is 2.28. The molecule has 1 aromatic rings. The van der Waals surface area contributed by atoms with Crippen molar-refractivity contribution in [3.8, 4) is 0 Å². The van der Waals surface area contributed by atoms with Crippen LogP contribution in [0.5, 0.6) is 0 Å². The Balaban J connectivity index is 0.00000121. The second kappa shape index (κ2) is 4.91. The van der Waals surface area contributed by atoms with Crippen LogP contribution in [0.4, 0.5) is 4.39 Å². The first-order valence-electron chi connectivity index (χ1n) is 3.38. The molecule has 0 radical (unpaired) electrons. The zero-order valence-electron chi connectivity index (χ0n) is 6.53. The van der Waals surface area contributed by atoms with Gasteiger partial charge in [0.05, 0.1) is 6.04 Å². The number of nitrogens with two attached hydrogens (primary N) is 1. The Morgan fingerprint density at radius 1 is 1.42 bits per heavy atom. The minimum absolute atomic E-state index is 0. The normalized spacial score (nSPS) is 11.5. The molecule has 0 aliphatic heterocycles. The maximum absolute atomic E-state index is 12.9. The van der Waals surface area contributed by atoms with E-state index in [0.717, 1.165) is 0 Å². The topological polar surface area (TPSA) is 26.0 Å². The van der Waals surface area contributed by atoms with Crippen LogP contribution < -0.4 is 5.73 Å². The second-order valence-corrected chi connectivity index (χ2v) is 2.28. The molecule has 0 aliphatic carbocycles. The van der Waals surface area contributed by atoms with Crippen molar-refractivity contribution in [2.24, 2.45) is 5.73 Å². The highest BCUT2D eigenvalue weighted by molar-refractivity contribution is 5.85. The van der Waals surface area contributed by atoms with Crippen molar-refractivity contribution in [1.82, 2.24) is 0 Å². The van der Waals surface area contributed by atoms with Crippen molar-refractivity contribution in [2.45, 2.75) is 6.04 Å². The van der Waals surface area contributed by atoms with Gasteiger partial charge in [0.1, 0.15) is 5.82 Å². The van der Waals surface area contributed by atoms with Crippen LogP contribution >= 0.6 is 12.4 Å². The molecule has 0 spiro atoms. The van der Waals surface area contributed by atoms with Gasteiger partial charge in [-0.3, -0.25) is 0 Å². The van der Waals surface area contributed by atoms with Gasteiger partial charge in [0.25, 0.3) is 0 Å². The summed E-state index contributed by atoms with van der Waals surface area (Å²) in [5.74, 6) is -0.278. The maximum atomic E-state index is 12.9. The van der Waals surface area contributed by atoms with Crippen molar-refractivity contribution < 1.29 is 4.39 Å². The molecule has 12 heavy (non-hydrogen) atoms. The third-order valence-corrected chi connectivity index (χ3v) is 1.52. The molecule has 66 valence electrons. The molecule has 3 heteroatoms. The number of hydrogen-bond acceptors (Lipinski definition) is 1. The zero-order valence-corrected chi connectivity index (χ0v) is 7.35. The van der Waals surface area contributed by atoms with Crippen molar-refractivity contribution in [3.05, 3.63) is 48.3 Å². The highest BCUT2D eigenvalue weighted by atomic mass is 35.5. The molecule has 0 aliphatic rings. The highest BCUT2D eigenvalue weighted by Crippen LogP contribution is 2.14. The first-order valence-corrected chi connectivity index (χ1v) is 3.38. The maximum Gasteiger partial charge on any atom is 0.128 e. The summed E-state index contributed by atoms with van der Waals surface area (Å²) in [5.41, 5.74) is 6.03. The smallest absolute Gasteiger partial charge is 0.128 e. The van der Waals surface area contributed by atoms with Crippen LogP contribution in [0, 0.1) is 5.82 Å². The summed E-state index contributed by atoms with van der Waals surface area (Å²) in [7, 11) is 0. The van der Waals surface area contributed by atoms with Gasteiger partial charge in [0, 0.05) is 5.56 Å². The fraction of sp³-hybridized carbons (Fsp3) is 0.111. The van der Waals surface area contributed by atoms with Crippen LogP contribution in [0.1, 0.15) is 11.6 Å². The van der Waals surface area contributed by atoms with Crippen molar-refractivity contribution in [2.75, 3.05) is 0 Å². The summed E-state index contributed by atoms with van der Waals surface area (Å²) in [6, 6.07) is 6.02. The van der Waals surface area contributed by atoms with Gasteiger partial charge >= 0.3 is 0 Å². The quantitative estimate of drug-likeness (QED) is 0.708. The number of hydrogen-bond donors (Lipinski definition) is 1. The lowest BCUT2D eigenvalue weighted by Crippen LogP contribution is -2.08. The molecule has 0 unspecified atom stereocenters. The summed E-state index contributed by atoms with van der Waals surface area (Å²) < 4.78 is 12.9. The van der Waals surface area contributed by atoms with Crippen LogP contribution in [-0.2, 0) is 0 Å². The molecular formula is C9H11ClFN. The molecule has 0 fully saturated rings.